The van der Waals surface area contributed by atoms with Crippen molar-refractivity contribution >= 4 is 37.8 Å². The van der Waals surface area contributed by atoms with Gasteiger partial charge in [-0.25, -0.2) is 13.6 Å². The van der Waals surface area contributed by atoms with E-state index >= 15 is 0 Å². The molecule has 2 rings (SSSR count). The summed E-state index contributed by atoms with van der Waals surface area (Å²) in [5.41, 5.74) is 1.47. The Labute approximate surface area is 156 Å². The van der Waals surface area contributed by atoms with Crippen molar-refractivity contribution in [2.45, 2.75) is 26.2 Å². The van der Waals surface area contributed by atoms with Gasteiger partial charge in [0.15, 0.2) is 0 Å². The van der Waals surface area contributed by atoms with Gasteiger partial charge in [-0.3, -0.25) is 0 Å². The maximum atomic E-state index is 13.9. The van der Waals surface area contributed by atoms with Gasteiger partial charge in [0.2, 0.25) is 0 Å². The molecule has 0 aliphatic carbocycles. The predicted octanol–water partition coefficient (Wildman–Crippen LogP) is 6.04. The van der Waals surface area contributed by atoms with Crippen molar-refractivity contribution in [2.24, 2.45) is 0 Å². The molecule has 0 radical (unpaired) electrons. The number of carbonyl (C=O) groups excluding carboxylic acids is 1. The molecule has 0 aliphatic rings. The number of hydrogen-bond donors (Lipinski definition) is 0. The second-order valence-electron chi connectivity index (χ2n) is 5.37. The Morgan fingerprint density at radius 2 is 1.83 bits per heavy atom. The Kier molecular flexibility index (Phi) is 6.92. The Balaban J connectivity index is 2.22. The van der Waals surface area contributed by atoms with Gasteiger partial charge in [-0.05, 0) is 57.7 Å². The summed E-state index contributed by atoms with van der Waals surface area (Å²) in [6.45, 7) is 2.39. The molecule has 24 heavy (non-hydrogen) atoms. The van der Waals surface area contributed by atoms with Crippen LogP contribution in [0.1, 0.15) is 41.3 Å². The summed E-state index contributed by atoms with van der Waals surface area (Å²) in [6.07, 6.45) is 1.98. The zero-order valence-electron chi connectivity index (χ0n) is 13.0. The Morgan fingerprint density at radius 1 is 1.08 bits per heavy atom. The molecule has 128 valence electrons. The Morgan fingerprint density at radius 3 is 2.54 bits per heavy atom. The second-order valence-corrected chi connectivity index (χ2v) is 7.14. The number of rotatable bonds is 6. The van der Waals surface area contributed by atoms with E-state index in [0.717, 1.165) is 24.5 Å². The van der Waals surface area contributed by atoms with Gasteiger partial charge in [-0.2, -0.15) is 0 Å². The molecule has 2 nitrogen and oxygen atoms in total. The van der Waals surface area contributed by atoms with E-state index in [1.165, 1.54) is 6.07 Å². The largest absolute Gasteiger partial charge is 0.462 e. The van der Waals surface area contributed by atoms with E-state index in [1.807, 2.05) is 6.92 Å². The molecular weight excluding hydrogens is 446 g/mol. The summed E-state index contributed by atoms with van der Waals surface area (Å²) in [5, 5.41) is 0. The lowest BCUT2D eigenvalue weighted by Crippen LogP contribution is -2.07. The average molecular weight is 462 g/mol. The van der Waals surface area contributed by atoms with Gasteiger partial charge in [0.05, 0.1) is 16.6 Å². The van der Waals surface area contributed by atoms with Crippen molar-refractivity contribution in [3.05, 3.63) is 67.6 Å². The Hall–Kier alpha value is -1.27. The van der Waals surface area contributed by atoms with Gasteiger partial charge in [-0.1, -0.05) is 29.3 Å². The molecule has 0 heterocycles. The van der Waals surface area contributed by atoms with Crippen LogP contribution in [0.15, 0.2) is 39.3 Å². The van der Waals surface area contributed by atoms with Crippen molar-refractivity contribution in [1.29, 1.82) is 0 Å². The van der Waals surface area contributed by atoms with Crippen molar-refractivity contribution < 1.29 is 18.3 Å². The number of unbranched alkanes of at least 4 members (excludes halogenated alkanes) is 1. The van der Waals surface area contributed by atoms with E-state index in [1.54, 1.807) is 18.2 Å². The molecular formula is C18H16Br2F2O2. The minimum Gasteiger partial charge on any atom is -0.462 e. The molecule has 0 spiro atoms. The summed E-state index contributed by atoms with van der Waals surface area (Å²) >= 11 is 6.41. The molecule has 0 saturated carbocycles. The van der Waals surface area contributed by atoms with Crippen LogP contribution < -0.4 is 0 Å². The molecule has 0 saturated heterocycles. The topological polar surface area (TPSA) is 26.3 Å². The van der Waals surface area contributed by atoms with Gasteiger partial charge < -0.3 is 4.74 Å². The fourth-order valence-electron chi connectivity index (χ4n) is 2.18. The van der Waals surface area contributed by atoms with Gasteiger partial charge >= 0.3 is 5.97 Å². The van der Waals surface area contributed by atoms with Crippen molar-refractivity contribution in [1.82, 2.24) is 0 Å². The first-order valence-electron chi connectivity index (χ1n) is 7.50. The van der Waals surface area contributed by atoms with Gasteiger partial charge in [0.1, 0.15) is 11.6 Å². The zero-order chi connectivity index (χ0) is 17.7. The predicted molar refractivity (Wildman–Crippen MR) is 96.2 cm³/mol. The molecule has 2 aromatic rings. The lowest BCUT2D eigenvalue weighted by molar-refractivity contribution is 0.0499. The Bertz CT molecular complexity index is 748. The molecule has 0 N–H and O–H groups in total. The molecule has 0 amide bonds. The van der Waals surface area contributed by atoms with E-state index in [4.69, 9.17) is 4.74 Å². The van der Waals surface area contributed by atoms with E-state index < -0.39 is 17.6 Å². The lowest BCUT2D eigenvalue weighted by Gasteiger charge is -2.09. The van der Waals surface area contributed by atoms with Crippen LogP contribution in [-0.4, -0.2) is 12.6 Å². The van der Waals surface area contributed by atoms with Crippen molar-refractivity contribution in [3.63, 3.8) is 0 Å². The standard InChI is InChI=1S/C18H16Br2F2O2/c1-2-3-4-24-18(23)13-6-11(7-14(19)8-13)5-12-9-15(20)17(22)10-16(12)21/h6-10H,2-5H2,1H3. The lowest BCUT2D eigenvalue weighted by atomic mass is 10.0. The summed E-state index contributed by atoms with van der Waals surface area (Å²) in [4.78, 5) is 12.1. The number of esters is 1. The quantitative estimate of drug-likeness (QED) is 0.298. The SMILES string of the molecule is CCCCOC(=O)c1cc(Br)cc(Cc2cc(Br)c(F)cc2F)c1. The minimum atomic E-state index is -0.648. The van der Waals surface area contributed by atoms with Crippen LogP contribution in [0, 0.1) is 11.6 Å². The normalized spacial score (nSPS) is 10.7. The number of ether oxygens (including phenoxy) is 1. The summed E-state index contributed by atoms with van der Waals surface area (Å²) < 4.78 is 33.3. The summed E-state index contributed by atoms with van der Waals surface area (Å²) in [5.74, 6) is -1.68. The third-order valence-corrected chi connectivity index (χ3v) is 4.47. The van der Waals surface area contributed by atoms with Gasteiger partial charge in [-0.15, -0.1) is 0 Å². The van der Waals surface area contributed by atoms with E-state index in [0.29, 0.717) is 22.2 Å². The van der Waals surface area contributed by atoms with E-state index in [2.05, 4.69) is 31.9 Å². The first-order valence-corrected chi connectivity index (χ1v) is 9.09. The highest BCUT2D eigenvalue weighted by molar-refractivity contribution is 9.10. The molecule has 6 heteroatoms. The fraction of sp³-hybridized carbons (Fsp3) is 0.278. The highest BCUT2D eigenvalue weighted by atomic mass is 79.9. The molecule has 0 unspecified atom stereocenters. The number of carbonyl (C=O) groups is 1. The van der Waals surface area contributed by atoms with Crippen LogP contribution in [0.25, 0.3) is 0 Å². The maximum Gasteiger partial charge on any atom is 0.338 e. The smallest absolute Gasteiger partial charge is 0.338 e. The summed E-state index contributed by atoms with van der Waals surface area (Å²) in [7, 11) is 0. The van der Waals surface area contributed by atoms with Crippen LogP contribution in [0.3, 0.4) is 0 Å². The fourth-order valence-corrected chi connectivity index (χ4v) is 3.11. The molecule has 0 fully saturated rings. The zero-order valence-corrected chi connectivity index (χ0v) is 16.2. The summed E-state index contributed by atoms with van der Waals surface area (Å²) in [6, 6.07) is 7.37. The average Bonchev–Trinajstić information content (AvgIpc) is 2.52. The third-order valence-electron chi connectivity index (χ3n) is 3.41. The third kappa shape index (κ3) is 5.11. The van der Waals surface area contributed by atoms with Crippen LogP contribution in [0.5, 0.6) is 0 Å². The highest BCUT2D eigenvalue weighted by Gasteiger charge is 2.13. The second kappa shape index (κ2) is 8.72. The van der Waals surface area contributed by atoms with Crippen LogP contribution in [-0.2, 0) is 11.2 Å². The number of halogens is 4. The first-order chi connectivity index (χ1) is 11.4. The van der Waals surface area contributed by atoms with Crippen LogP contribution >= 0.6 is 31.9 Å². The monoisotopic (exact) mass is 460 g/mol. The molecule has 2 aromatic carbocycles. The van der Waals surface area contributed by atoms with Gasteiger partial charge in [0, 0.05) is 17.0 Å². The molecule has 0 atom stereocenters. The van der Waals surface area contributed by atoms with Crippen LogP contribution in [0.4, 0.5) is 8.78 Å². The molecule has 0 bridgehead atoms. The van der Waals surface area contributed by atoms with Crippen molar-refractivity contribution in [2.75, 3.05) is 6.61 Å². The van der Waals surface area contributed by atoms with Crippen LogP contribution in [0.2, 0.25) is 0 Å². The molecule has 0 aromatic heterocycles. The van der Waals surface area contributed by atoms with E-state index in [-0.39, 0.29) is 10.9 Å². The highest BCUT2D eigenvalue weighted by Crippen LogP contribution is 2.24. The van der Waals surface area contributed by atoms with Gasteiger partial charge in [0.25, 0.3) is 0 Å². The van der Waals surface area contributed by atoms with Crippen molar-refractivity contribution in [3.8, 4) is 0 Å². The first kappa shape index (κ1) is 19.1. The maximum absolute atomic E-state index is 13.9. The molecule has 0 aliphatic heterocycles. The number of benzene rings is 2. The van der Waals surface area contributed by atoms with E-state index in [9.17, 15) is 13.6 Å². The number of hydrogen-bond acceptors (Lipinski definition) is 2. The minimum absolute atomic E-state index is 0.202.